The summed E-state index contributed by atoms with van der Waals surface area (Å²) >= 11 is 0. The maximum absolute atomic E-state index is 13.0. The van der Waals surface area contributed by atoms with Crippen LogP contribution < -0.4 is 0 Å². The number of hydrogen-bond acceptors (Lipinski definition) is 4. The van der Waals surface area contributed by atoms with Gasteiger partial charge < -0.3 is 9.47 Å². The third kappa shape index (κ3) is 3.16. The molecule has 0 aliphatic carbocycles. The first kappa shape index (κ1) is 16.2. The molecule has 2 aliphatic heterocycles. The van der Waals surface area contributed by atoms with E-state index in [-0.39, 0.29) is 17.8 Å². The fraction of sp³-hybridized carbons (Fsp3) is 0.500. The van der Waals surface area contributed by atoms with Gasteiger partial charge in [0.25, 0.3) is 0 Å². The van der Waals surface area contributed by atoms with Crippen LogP contribution in [0, 0.1) is 5.82 Å². The lowest BCUT2D eigenvalue weighted by atomic mass is 10.1. The fourth-order valence-electron chi connectivity index (χ4n) is 3.76. The summed E-state index contributed by atoms with van der Waals surface area (Å²) in [4.78, 5) is 16.9. The molecule has 1 atom stereocenters. The van der Waals surface area contributed by atoms with Gasteiger partial charge in [-0.3, -0.25) is 9.69 Å². The highest BCUT2D eigenvalue weighted by Crippen LogP contribution is 2.32. The molecule has 2 aromatic rings. The van der Waals surface area contributed by atoms with Crippen molar-refractivity contribution in [2.45, 2.75) is 38.4 Å². The molecular weight excluding hydrogens is 321 g/mol. The summed E-state index contributed by atoms with van der Waals surface area (Å²) in [5, 5.41) is 8.74. The highest BCUT2D eigenvalue weighted by Gasteiger charge is 2.34. The van der Waals surface area contributed by atoms with Crippen LogP contribution in [0.4, 0.5) is 4.39 Å². The standard InChI is InChI=1S/C18H22FN5O/c1-22-9-10-24-16(12-22)20-21-18(24)15-3-2-8-23(15)17(25)11-13-4-6-14(19)7-5-13/h4-7,15H,2-3,8-12H2,1H3/t15-/m0/s1. The summed E-state index contributed by atoms with van der Waals surface area (Å²) in [5.41, 5.74) is 0.835. The summed E-state index contributed by atoms with van der Waals surface area (Å²) < 4.78 is 15.2. The van der Waals surface area contributed by atoms with Crippen molar-refractivity contribution in [2.75, 3.05) is 20.1 Å². The Kier molecular flexibility index (Phi) is 4.25. The van der Waals surface area contributed by atoms with Crippen LogP contribution in [-0.2, 0) is 24.3 Å². The van der Waals surface area contributed by atoms with Crippen LogP contribution in [0.15, 0.2) is 24.3 Å². The quantitative estimate of drug-likeness (QED) is 0.852. The number of likely N-dealkylation sites (tertiary alicyclic amines) is 1. The molecule has 132 valence electrons. The summed E-state index contributed by atoms with van der Waals surface area (Å²) in [7, 11) is 2.08. The molecule has 1 aromatic heterocycles. The monoisotopic (exact) mass is 343 g/mol. The van der Waals surface area contributed by atoms with E-state index in [0.717, 1.165) is 56.2 Å². The molecule has 1 fully saturated rings. The van der Waals surface area contributed by atoms with Crippen molar-refractivity contribution in [1.29, 1.82) is 0 Å². The number of carbonyl (C=O) groups excluding carboxylic acids is 1. The van der Waals surface area contributed by atoms with Crippen LogP contribution in [0.3, 0.4) is 0 Å². The molecule has 1 amide bonds. The van der Waals surface area contributed by atoms with Gasteiger partial charge in [-0.25, -0.2) is 4.39 Å². The third-order valence-electron chi connectivity index (χ3n) is 5.11. The topological polar surface area (TPSA) is 54.3 Å². The van der Waals surface area contributed by atoms with E-state index in [4.69, 9.17) is 0 Å². The number of amides is 1. The molecule has 1 saturated heterocycles. The lowest BCUT2D eigenvalue weighted by molar-refractivity contribution is -0.131. The van der Waals surface area contributed by atoms with Gasteiger partial charge in [0.15, 0.2) is 5.82 Å². The number of aromatic nitrogens is 3. The summed E-state index contributed by atoms with van der Waals surface area (Å²) in [5.74, 6) is 1.67. The zero-order chi connectivity index (χ0) is 17.4. The molecular formula is C18H22FN5O. The number of hydrogen-bond donors (Lipinski definition) is 0. The predicted octanol–water partition coefficient (Wildman–Crippen LogP) is 1.77. The third-order valence-corrected chi connectivity index (χ3v) is 5.11. The number of fused-ring (bicyclic) bond motifs is 1. The Morgan fingerprint density at radius 3 is 2.80 bits per heavy atom. The zero-order valence-electron chi connectivity index (χ0n) is 14.4. The second kappa shape index (κ2) is 6.55. The minimum atomic E-state index is -0.282. The minimum Gasteiger partial charge on any atom is -0.332 e. The second-order valence-corrected chi connectivity index (χ2v) is 6.91. The highest BCUT2D eigenvalue weighted by molar-refractivity contribution is 5.79. The molecule has 3 heterocycles. The predicted molar refractivity (Wildman–Crippen MR) is 90.1 cm³/mol. The maximum atomic E-state index is 13.0. The van der Waals surface area contributed by atoms with Crippen LogP contribution in [0.5, 0.6) is 0 Å². The molecule has 0 bridgehead atoms. The first-order valence-corrected chi connectivity index (χ1v) is 8.76. The minimum absolute atomic E-state index is 0.00222. The van der Waals surface area contributed by atoms with Crippen molar-refractivity contribution in [1.82, 2.24) is 24.6 Å². The molecule has 25 heavy (non-hydrogen) atoms. The van der Waals surface area contributed by atoms with E-state index in [9.17, 15) is 9.18 Å². The summed E-state index contributed by atoms with van der Waals surface area (Å²) in [6, 6.07) is 6.14. The number of rotatable bonds is 3. The normalized spacial score (nSPS) is 20.7. The fourth-order valence-corrected chi connectivity index (χ4v) is 3.76. The molecule has 2 aliphatic rings. The number of likely N-dealkylation sites (N-methyl/N-ethyl adjacent to an activating group) is 1. The van der Waals surface area contributed by atoms with Gasteiger partial charge in [-0.15, -0.1) is 10.2 Å². The Hall–Kier alpha value is -2.28. The average Bonchev–Trinajstić information content (AvgIpc) is 3.22. The number of carbonyl (C=O) groups is 1. The highest BCUT2D eigenvalue weighted by atomic mass is 19.1. The van der Waals surface area contributed by atoms with Crippen LogP contribution in [-0.4, -0.2) is 50.6 Å². The summed E-state index contributed by atoms with van der Waals surface area (Å²) in [6.45, 7) is 3.37. The lowest BCUT2D eigenvalue weighted by Crippen LogP contribution is -2.35. The SMILES string of the molecule is CN1CCn2c(nnc2[C@@H]2CCCN2C(=O)Cc2ccc(F)cc2)C1. The Morgan fingerprint density at radius 2 is 2.00 bits per heavy atom. The van der Waals surface area contributed by atoms with Gasteiger partial charge in [-0.05, 0) is 37.6 Å². The van der Waals surface area contributed by atoms with Crippen molar-refractivity contribution in [3.05, 3.63) is 47.3 Å². The van der Waals surface area contributed by atoms with Crippen molar-refractivity contribution in [2.24, 2.45) is 0 Å². The van der Waals surface area contributed by atoms with E-state index in [1.165, 1.54) is 12.1 Å². The maximum Gasteiger partial charge on any atom is 0.227 e. The molecule has 0 saturated carbocycles. The van der Waals surface area contributed by atoms with Crippen LogP contribution in [0.2, 0.25) is 0 Å². The van der Waals surface area contributed by atoms with E-state index < -0.39 is 0 Å². The molecule has 4 rings (SSSR count). The Balaban J connectivity index is 1.52. The van der Waals surface area contributed by atoms with Gasteiger partial charge in [-0.2, -0.15) is 0 Å². The van der Waals surface area contributed by atoms with Gasteiger partial charge >= 0.3 is 0 Å². The van der Waals surface area contributed by atoms with Crippen molar-refractivity contribution >= 4 is 5.91 Å². The van der Waals surface area contributed by atoms with Crippen molar-refractivity contribution in [3.63, 3.8) is 0 Å². The summed E-state index contributed by atoms with van der Waals surface area (Å²) in [6.07, 6.45) is 2.19. The van der Waals surface area contributed by atoms with Crippen molar-refractivity contribution in [3.8, 4) is 0 Å². The molecule has 0 radical (unpaired) electrons. The van der Waals surface area contributed by atoms with Gasteiger partial charge in [-0.1, -0.05) is 12.1 Å². The van der Waals surface area contributed by atoms with Crippen LogP contribution >= 0.6 is 0 Å². The van der Waals surface area contributed by atoms with E-state index in [0.29, 0.717) is 6.42 Å². The molecule has 0 N–H and O–H groups in total. The zero-order valence-corrected chi connectivity index (χ0v) is 14.4. The van der Waals surface area contributed by atoms with Gasteiger partial charge in [0, 0.05) is 19.6 Å². The van der Waals surface area contributed by atoms with Crippen LogP contribution in [0.25, 0.3) is 0 Å². The second-order valence-electron chi connectivity index (χ2n) is 6.91. The molecule has 6 nitrogen and oxygen atoms in total. The van der Waals surface area contributed by atoms with Crippen LogP contribution in [0.1, 0.15) is 36.1 Å². The number of nitrogens with zero attached hydrogens (tertiary/aromatic N) is 5. The van der Waals surface area contributed by atoms with Gasteiger partial charge in [0.1, 0.15) is 11.6 Å². The van der Waals surface area contributed by atoms with E-state index in [2.05, 4.69) is 26.7 Å². The lowest BCUT2D eigenvalue weighted by Gasteiger charge is -2.28. The van der Waals surface area contributed by atoms with Crippen molar-refractivity contribution < 1.29 is 9.18 Å². The Bertz CT molecular complexity index is 772. The van der Waals surface area contributed by atoms with E-state index in [1.807, 2.05) is 4.90 Å². The average molecular weight is 343 g/mol. The molecule has 1 aromatic carbocycles. The molecule has 0 spiro atoms. The first-order chi connectivity index (χ1) is 12.1. The molecule has 7 heteroatoms. The first-order valence-electron chi connectivity index (χ1n) is 8.76. The van der Waals surface area contributed by atoms with E-state index in [1.54, 1.807) is 12.1 Å². The van der Waals surface area contributed by atoms with Gasteiger partial charge in [0.2, 0.25) is 5.91 Å². The largest absolute Gasteiger partial charge is 0.332 e. The number of halogens is 1. The molecule has 0 unspecified atom stereocenters. The van der Waals surface area contributed by atoms with E-state index >= 15 is 0 Å². The van der Waals surface area contributed by atoms with Gasteiger partial charge in [0.05, 0.1) is 19.0 Å². The Morgan fingerprint density at radius 1 is 1.20 bits per heavy atom. The number of benzene rings is 1. The Labute approximate surface area is 146 Å². The smallest absolute Gasteiger partial charge is 0.227 e.